The summed E-state index contributed by atoms with van der Waals surface area (Å²) in [5, 5.41) is 0. The first-order valence-corrected chi connectivity index (χ1v) is 7.52. The summed E-state index contributed by atoms with van der Waals surface area (Å²) >= 11 is 0. The zero-order chi connectivity index (χ0) is 15.4. The van der Waals surface area contributed by atoms with E-state index in [4.69, 9.17) is 5.73 Å². The Hall–Kier alpha value is -1.20. The number of nitrogens with zero attached hydrogens (tertiary/aromatic N) is 1. The molecule has 0 bridgehead atoms. The van der Waals surface area contributed by atoms with Gasteiger partial charge in [-0.15, -0.1) is 0 Å². The van der Waals surface area contributed by atoms with Crippen LogP contribution >= 0.6 is 0 Å². The quantitative estimate of drug-likeness (QED) is 0.905. The monoisotopic (exact) mass is 298 g/mol. The Labute approximate surface area is 125 Å². The summed E-state index contributed by atoms with van der Waals surface area (Å²) in [4.78, 5) is 2.34. The average molecular weight is 298 g/mol. The summed E-state index contributed by atoms with van der Waals surface area (Å²) in [6.45, 7) is 3.00. The smallest absolute Gasteiger partial charge is 0.387 e. The highest BCUT2D eigenvalue weighted by Crippen LogP contribution is 2.35. The maximum absolute atomic E-state index is 12.5. The van der Waals surface area contributed by atoms with E-state index in [0.717, 1.165) is 24.9 Å². The van der Waals surface area contributed by atoms with Gasteiger partial charge in [0.15, 0.2) is 0 Å². The van der Waals surface area contributed by atoms with Crippen molar-refractivity contribution in [2.45, 2.75) is 45.4 Å². The van der Waals surface area contributed by atoms with Crippen molar-refractivity contribution in [1.82, 2.24) is 4.90 Å². The lowest BCUT2D eigenvalue weighted by molar-refractivity contribution is -0.0515. The van der Waals surface area contributed by atoms with Gasteiger partial charge in [-0.1, -0.05) is 18.2 Å². The molecule has 118 valence electrons. The van der Waals surface area contributed by atoms with Gasteiger partial charge < -0.3 is 10.5 Å². The molecular weight excluding hydrogens is 274 g/mol. The first kappa shape index (κ1) is 16.2. The molecule has 1 aliphatic heterocycles. The Morgan fingerprint density at radius 3 is 2.71 bits per heavy atom. The Morgan fingerprint density at radius 2 is 2.05 bits per heavy atom. The first-order chi connectivity index (χ1) is 10.0. The number of halogens is 2. The molecule has 1 aliphatic rings. The maximum atomic E-state index is 12.5. The molecule has 0 radical (unpaired) electrons. The average Bonchev–Trinajstić information content (AvgIpc) is 2.47. The molecule has 1 saturated heterocycles. The van der Waals surface area contributed by atoms with Crippen LogP contribution in [0.4, 0.5) is 8.78 Å². The first-order valence-electron chi connectivity index (χ1n) is 7.52. The van der Waals surface area contributed by atoms with Crippen molar-refractivity contribution in [3.05, 3.63) is 29.8 Å². The lowest BCUT2D eigenvalue weighted by atomic mass is 9.91. The molecule has 2 rings (SSSR count). The van der Waals surface area contributed by atoms with Crippen LogP contribution in [0.25, 0.3) is 0 Å². The molecule has 1 aromatic carbocycles. The van der Waals surface area contributed by atoms with Gasteiger partial charge in [0.1, 0.15) is 5.75 Å². The highest BCUT2D eigenvalue weighted by molar-refractivity contribution is 5.35. The molecule has 2 N–H and O–H groups in total. The molecule has 0 aromatic heterocycles. The van der Waals surface area contributed by atoms with E-state index in [9.17, 15) is 8.78 Å². The van der Waals surface area contributed by atoms with Gasteiger partial charge in [-0.2, -0.15) is 8.78 Å². The fraction of sp³-hybridized carbons (Fsp3) is 0.625. The predicted octanol–water partition coefficient (Wildman–Crippen LogP) is 3.41. The maximum Gasteiger partial charge on any atom is 0.387 e. The minimum Gasteiger partial charge on any atom is -0.434 e. The van der Waals surface area contributed by atoms with Gasteiger partial charge >= 0.3 is 6.61 Å². The topological polar surface area (TPSA) is 38.5 Å². The Morgan fingerprint density at radius 1 is 1.33 bits per heavy atom. The Bertz CT molecular complexity index is 456. The third kappa shape index (κ3) is 3.92. The molecule has 3 unspecified atom stereocenters. The number of benzene rings is 1. The molecule has 5 heteroatoms. The van der Waals surface area contributed by atoms with Crippen LogP contribution in [-0.2, 0) is 0 Å². The molecule has 0 aliphatic carbocycles. The highest BCUT2D eigenvalue weighted by atomic mass is 19.3. The zero-order valence-electron chi connectivity index (χ0n) is 12.6. The number of likely N-dealkylation sites (tertiary alicyclic amines) is 1. The van der Waals surface area contributed by atoms with Crippen LogP contribution in [0.2, 0.25) is 0 Å². The predicted molar refractivity (Wildman–Crippen MR) is 79.4 cm³/mol. The van der Waals surface area contributed by atoms with Gasteiger partial charge in [0.2, 0.25) is 0 Å². The molecule has 21 heavy (non-hydrogen) atoms. The van der Waals surface area contributed by atoms with E-state index in [1.165, 1.54) is 0 Å². The van der Waals surface area contributed by atoms with E-state index in [1.807, 2.05) is 19.1 Å². The molecule has 0 amide bonds. The largest absolute Gasteiger partial charge is 0.434 e. The van der Waals surface area contributed by atoms with Crippen LogP contribution in [0.15, 0.2) is 24.3 Å². The van der Waals surface area contributed by atoms with Crippen molar-refractivity contribution in [2.24, 2.45) is 11.7 Å². The number of rotatable bonds is 5. The molecule has 3 nitrogen and oxygen atoms in total. The molecule has 1 heterocycles. The number of hydrogen-bond acceptors (Lipinski definition) is 3. The number of nitrogens with two attached hydrogens (primary N) is 1. The van der Waals surface area contributed by atoms with Crippen LogP contribution in [0, 0.1) is 5.92 Å². The van der Waals surface area contributed by atoms with Crippen LogP contribution in [0.1, 0.15) is 38.3 Å². The second-order valence-corrected chi connectivity index (χ2v) is 5.82. The second-order valence-electron chi connectivity index (χ2n) is 5.82. The number of alkyl halides is 2. The van der Waals surface area contributed by atoms with E-state index in [2.05, 4.69) is 16.6 Å². The van der Waals surface area contributed by atoms with Crippen molar-refractivity contribution in [3.8, 4) is 5.75 Å². The minimum absolute atomic E-state index is 0.0318. The lowest BCUT2D eigenvalue weighted by Gasteiger charge is -2.42. The van der Waals surface area contributed by atoms with E-state index in [0.29, 0.717) is 18.5 Å². The van der Waals surface area contributed by atoms with E-state index in [-0.39, 0.29) is 11.8 Å². The van der Waals surface area contributed by atoms with Gasteiger partial charge in [-0.05, 0) is 45.2 Å². The van der Waals surface area contributed by atoms with Crippen molar-refractivity contribution >= 4 is 0 Å². The number of piperidine rings is 1. The summed E-state index contributed by atoms with van der Waals surface area (Å²) in [6.07, 6.45) is 2.22. The summed E-state index contributed by atoms with van der Waals surface area (Å²) in [6, 6.07) is 7.50. The zero-order valence-corrected chi connectivity index (χ0v) is 12.6. The van der Waals surface area contributed by atoms with E-state index >= 15 is 0 Å². The van der Waals surface area contributed by atoms with Crippen molar-refractivity contribution < 1.29 is 13.5 Å². The molecule has 0 saturated carbocycles. The summed E-state index contributed by atoms with van der Waals surface area (Å²) in [7, 11) is 0. The van der Waals surface area contributed by atoms with Crippen molar-refractivity contribution in [2.75, 3.05) is 13.1 Å². The SMILES string of the molecule is CC1CCC(CN)CN1C(C)c1ccccc1OC(F)F. The van der Waals surface area contributed by atoms with Gasteiger partial charge in [0.05, 0.1) is 0 Å². The van der Waals surface area contributed by atoms with Gasteiger partial charge in [-0.3, -0.25) is 4.90 Å². The van der Waals surface area contributed by atoms with Crippen LogP contribution in [0.3, 0.4) is 0 Å². The fourth-order valence-corrected chi connectivity index (χ4v) is 3.15. The molecule has 1 fully saturated rings. The van der Waals surface area contributed by atoms with Gasteiger partial charge in [0.25, 0.3) is 0 Å². The summed E-state index contributed by atoms with van der Waals surface area (Å²) < 4.78 is 29.8. The summed E-state index contributed by atoms with van der Waals surface area (Å²) in [5.74, 6) is 0.744. The third-order valence-electron chi connectivity index (χ3n) is 4.44. The molecule has 0 spiro atoms. The third-order valence-corrected chi connectivity index (χ3v) is 4.44. The Balaban J connectivity index is 2.20. The normalized spacial score (nSPS) is 25.0. The Kier molecular flexibility index (Phi) is 5.53. The number of ether oxygens (including phenoxy) is 1. The van der Waals surface area contributed by atoms with Crippen molar-refractivity contribution in [3.63, 3.8) is 0 Å². The number of hydrogen-bond donors (Lipinski definition) is 1. The summed E-state index contributed by atoms with van der Waals surface area (Å²) in [5.41, 5.74) is 6.60. The standard InChI is InChI=1S/C16H24F2N2O/c1-11-7-8-13(9-19)10-20(11)12(2)14-5-3-4-6-15(14)21-16(17)18/h3-6,11-13,16H,7-10,19H2,1-2H3. The van der Waals surface area contributed by atoms with E-state index in [1.54, 1.807) is 12.1 Å². The lowest BCUT2D eigenvalue weighted by Crippen LogP contribution is -2.45. The fourth-order valence-electron chi connectivity index (χ4n) is 3.15. The van der Waals surface area contributed by atoms with Crippen LogP contribution in [-0.4, -0.2) is 30.6 Å². The molecular formula is C16H24F2N2O. The van der Waals surface area contributed by atoms with Gasteiger partial charge in [-0.25, -0.2) is 0 Å². The minimum atomic E-state index is -2.80. The second kappa shape index (κ2) is 7.18. The van der Waals surface area contributed by atoms with Crippen LogP contribution in [0.5, 0.6) is 5.75 Å². The highest BCUT2D eigenvalue weighted by Gasteiger charge is 2.30. The number of para-hydroxylation sites is 1. The molecule has 1 aromatic rings. The van der Waals surface area contributed by atoms with Crippen LogP contribution < -0.4 is 10.5 Å². The van der Waals surface area contributed by atoms with Crippen molar-refractivity contribution in [1.29, 1.82) is 0 Å². The van der Waals surface area contributed by atoms with E-state index < -0.39 is 6.61 Å². The molecule has 3 atom stereocenters. The van der Waals surface area contributed by atoms with Gasteiger partial charge in [0, 0.05) is 24.2 Å².